The predicted molar refractivity (Wildman–Crippen MR) is 64.1 cm³/mol. The van der Waals surface area contributed by atoms with Crippen LogP contribution in [0, 0.1) is 5.82 Å². The van der Waals surface area contributed by atoms with Crippen molar-refractivity contribution in [3.63, 3.8) is 0 Å². The summed E-state index contributed by atoms with van der Waals surface area (Å²) in [6.45, 7) is 3.53. The minimum absolute atomic E-state index is 0.179. The summed E-state index contributed by atoms with van der Waals surface area (Å²) >= 11 is 0. The Bertz CT molecular complexity index is 304. The normalized spacial score (nSPS) is 12.7. The molecule has 90 valence electrons. The lowest BCUT2D eigenvalue weighted by molar-refractivity contribution is 0.114. The summed E-state index contributed by atoms with van der Waals surface area (Å²) in [4.78, 5) is 0. The molecule has 0 fully saturated rings. The molecule has 0 radical (unpaired) electrons. The lowest BCUT2D eigenvalue weighted by atomic mass is 10.1. The lowest BCUT2D eigenvalue weighted by Crippen LogP contribution is -2.32. The maximum Gasteiger partial charge on any atom is 0.123 e. The van der Waals surface area contributed by atoms with Crippen molar-refractivity contribution in [3.8, 4) is 0 Å². The fraction of sp³-hybridized carbons (Fsp3) is 0.538. The van der Waals surface area contributed by atoms with E-state index in [1.54, 1.807) is 12.1 Å². The van der Waals surface area contributed by atoms with Gasteiger partial charge < -0.3 is 10.1 Å². The minimum atomic E-state index is -0.179. The largest absolute Gasteiger partial charge is 0.380 e. The van der Waals surface area contributed by atoms with Crippen molar-refractivity contribution in [2.45, 2.75) is 25.8 Å². The second-order valence-corrected chi connectivity index (χ2v) is 3.89. The first-order valence-corrected chi connectivity index (χ1v) is 5.75. The molecule has 0 aromatic heterocycles. The zero-order valence-corrected chi connectivity index (χ0v) is 10.0. The van der Waals surface area contributed by atoms with E-state index in [1.165, 1.54) is 6.07 Å². The van der Waals surface area contributed by atoms with Crippen molar-refractivity contribution in [1.82, 2.24) is 5.32 Å². The second kappa shape index (κ2) is 7.36. The summed E-state index contributed by atoms with van der Waals surface area (Å²) in [5, 5.41) is 3.18. The Morgan fingerprint density at radius 2 is 2.25 bits per heavy atom. The summed E-state index contributed by atoms with van der Waals surface area (Å²) in [6.07, 6.45) is 1.81. The number of ether oxygens (including phenoxy) is 1. The fourth-order valence-electron chi connectivity index (χ4n) is 1.56. The van der Waals surface area contributed by atoms with Crippen molar-refractivity contribution >= 4 is 0 Å². The molecule has 0 aliphatic carbocycles. The molecule has 0 saturated carbocycles. The highest BCUT2D eigenvalue weighted by molar-refractivity contribution is 5.17. The van der Waals surface area contributed by atoms with Crippen molar-refractivity contribution in [3.05, 3.63) is 35.6 Å². The maximum absolute atomic E-state index is 13.0. The number of rotatable bonds is 7. The van der Waals surface area contributed by atoms with Gasteiger partial charge in [0.25, 0.3) is 0 Å². The van der Waals surface area contributed by atoms with Crippen LogP contribution in [0.25, 0.3) is 0 Å². The summed E-state index contributed by atoms with van der Waals surface area (Å²) in [5.41, 5.74) is 0.999. The van der Waals surface area contributed by atoms with E-state index in [0.29, 0.717) is 6.61 Å². The van der Waals surface area contributed by atoms with E-state index in [1.807, 2.05) is 13.1 Å². The highest BCUT2D eigenvalue weighted by atomic mass is 19.1. The Hall–Kier alpha value is -0.930. The molecule has 1 aromatic rings. The van der Waals surface area contributed by atoms with Gasteiger partial charge in [0.15, 0.2) is 0 Å². The van der Waals surface area contributed by atoms with Crippen LogP contribution in [0.2, 0.25) is 0 Å². The van der Waals surface area contributed by atoms with Gasteiger partial charge in [-0.05, 0) is 37.6 Å². The highest BCUT2D eigenvalue weighted by Crippen LogP contribution is 2.06. The van der Waals surface area contributed by atoms with Crippen LogP contribution < -0.4 is 5.32 Å². The van der Waals surface area contributed by atoms with Crippen molar-refractivity contribution in [2.24, 2.45) is 0 Å². The van der Waals surface area contributed by atoms with Crippen LogP contribution >= 0.6 is 0 Å². The SMILES string of the molecule is CCCOCC(Cc1cccc(F)c1)NC. The van der Waals surface area contributed by atoms with Crippen LogP contribution in [0.5, 0.6) is 0 Å². The predicted octanol–water partition coefficient (Wildman–Crippen LogP) is 2.38. The lowest BCUT2D eigenvalue weighted by Gasteiger charge is -2.16. The van der Waals surface area contributed by atoms with Gasteiger partial charge in [0, 0.05) is 12.6 Å². The fourth-order valence-corrected chi connectivity index (χ4v) is 1.56. The van der Waals surface area contributed by atoms with Gasteiger partial charge in [0.05, 0.1) is 6.61 Å². The molecular weight excluding hydrogens is 205 g/mol. The number of hydrogen-bond donors (Lipinski definition) is 1. The van der Waals surface area contributed by atoms with Crippen LogP contribution in [-0.4, -0.2) is 26.3 Å². The third-order valence-corrected chi connectivity index (χ3v) is 2.45. The monoisotopic (exact) mass is 225 g/mol. The van der Waals surface area contributed by atoms with Crippen molar-refractivity contribution in [2.75, 3.05) is 20.3 Å². The molecule has 0 amide bonds. The van der Waals surface area contributed by atoms with E-state index in [9.17, 15) is 4.39 Å². The molecule has 1 aromatic carbocycles. The first kappa shape index (κ1) is 13.1. The molecule has 1 N–H and O–H groups in total. The van der Waals surface area contributed by atoms with E-state index in [0.717, 1.165) is 25.0 Å². The quantitative estimate of drug-likeness (QED) is 0.719. The zero-order chi connectivity index (χ0) is 11.8. The molecule has 0 bridgehead atoms. The Morgan fingerprint density at radius 1 is 1.44 bits per heavy atom. The summed E-state index contributed by atoms with van der Waals surface area (Å²) < 4.78 is 18.5. The Balaban J connectivity index is 2.43. The first-order chi connectivity index (χ1) is 7.76. The molecule has 0 saturated heterocycles. The van der Waals surface area contributed by atoms with Crippen LogP contribution in [0.3, 0.4) is 0 Å². The summed E-state index contributed by atoms with van der Waals surface area (Å²) in [7, 11) is 1.90. The number of hydrogen-bond acceptors (Lipinski definition) is 2. The number of halogens is 1. The van der Waals surface area contributed by atoms with Crippen LogP contribution in [0.4, 0.5) is 4.39 Å². The van der Waals surface area contributed by atoms with Gasteiger partial charge in [-0.15, -0.1) is 0 Å². The third kappa shape index (κ3) is 4.73. The van der Waals surface area contributed by atoms with Crippen molar-refractivity contribution in [1.29, 1.82) is 0 Å². The average Bonchev–Trinajstić information content (AvgIpc) is 2.28. The summed E-state index contributed by atoms with van der Waals surface area (Å²) in [6, 6.07) is 6.96. The summed E-state index contributed by atoms with van der Waals surface area (Å²) in [5.74, 6) is -0.179. The maximum atomic E-state index is 13.0. The van der Waals surface area contributed by atoms with E-state index < -0.39 is 0 Å². The van der Waals surface area contributed by atoms with E-state index in [-0.39, 0.29) is 11.9 Å². The highest BCUT2D eigenvalue weighted by Gasteiger charge is 2.07. The van der Waals surface area contributed by atoms with Crippen molar-refractivity contribution < 1.29 is 9.13 Å². The molecule has 1 rings (SSSR count). The first-order valence-electron chi connectivity index (χ1n) is 5.75. The Kier molecular flexibility index (Phi) is 6.04. The van der Waals surface area contributed by atoms with Crippen LogP contribution in [-0.2, 0) is 11.2 Å². The van der Waals surface area contributed by atoms with Gasteiger partial charge in [-0.1, -0.05) is 19.1 Å². The number of nitrogens with one attached hydrogen (secondary N) is 1. The van der Waals surface area contributed by atoms with Crippen LogP contribution in [0.1, 0.15) is 18.9 Å². The minimum Gasteiger partial charge on any atom is -0.380 e. The molecule has 1 atom stereocenters. The molecule has 0 aliphatic heterocycles. The number of likely N-dealkylation sites (N-methyl/N-ethyl adjacent to an activating group) is 1. The molecule has 0 heterocycles. The van der Waals surface area contributed by atoms with Crippen LogP contribution in [0.15, 0.2) is 24.3 Å². The van der Waals surface area contributed by atoms with Gasteiger partial charge in [0.1, 0.15) is 5.82 Å². The standard InChI is InChI=1S/C13H20FNO/c1-3-7-16-10-13(15-2)9-11-5-4-6-12(14)8-11/h4-6,8,13,15H,3,7,9-10H2,1-2H3. The van der Waals surface area contributed by atoms with Gasteiger partial charge in [0.2, 0.25) is 0 Å². The third-order valence-electron chi connectivity index (χ3n) is 2.45. The Labute approximate surface area is 96.8 Å². The molecule has 16 heavy (non-hydrogen) atoms. The smallest absolute Gasteiger partial charge is 0.123 e. The second-order valence-electron chi connectivity index (χ2n) is 3.89. The molecular formula is C13H20FNO. The van der Waals surface area contributed by atoms with E-state index >= 15 is 0 Å². The molecule has 0 aliphatic rings. The average molecular weight is 225 g/mol. The molecule has 1 unspecified atom stereocenters. The number of benzene rings is 1. The van der Waals surface area contributed by atoms with E-state index in [2.05, 4.69) is 12.2 Å². The topological polar surface area (TPSA) is 21.3 Å². The van der Waals surface area contributed by atoms with Gasteiger partial charge in [-0.2, -0.15) is 0 Å². The molecule has 2 nitrogen and oxygen atoms in total. The van der Waals surface area contributed by atoms with Gasteiger partial charge >= 0.3 is 0 Å². The zero-order valence-electron chi connectivity index (χ0n) is 10.0. The van der Waals surface area contributed by atoms with Gasteiger partial charge in [-0.3, -0.25) is 0 Å². The molecule has 0 spiro atoms. The van der Waals surface area contributed by atoms with Gasteiger partial charge in [-0.25, -0.2) is 4.39 Å². The molecule has 3 heteroatoms. The Morgan fingerprint density at radius 3 is 2.88 bits per heavy atom. The van der Waals surface area contributed by atoms with E-state index in [4.69, 9.17) is 4.74 Å².